The third-order valence-electron chi connectivity index (χ3n) is 18.7. The van der Waals surface area contributed by atoms with Crippen molar-refractivity contribution in [3.8, 4) is 45.0 Å². The summed E-state index contributed by atoms with van der Waals surface area (Å²) in [6, 6.07) is 96.1. The summed E-state index contributed by atoms with van der Waals surface area (Å²) >= 11 is 0. The molecule has 4 nitrogen and oxygen atoms in total. The van der Waals surface area contributed by atoms with Crippen molar-refractivity contribution in [1.29, 1.82) is 0 Å². The number of hydrogen-bond donors (Lipinski definition) is 0. The summed E-state index contributed by atoms with van der Waals surface area (Å²) in [6.07, 6.45) is 1.80. The third-order valence-corrected chi connectivity index (χ3v) is 22.2. The molecule has 2 aliphatic carbocycles. The molecule has 0 bridgehead atoms. The highest BCUT2D eigenvalue weighted by Crippen LogP contribution is 2.48. The number of nitrogens with zero attached hydrogens (tertiary/aromatic N) is 4. The van der Waals surface area contributed by atoms with Gasteiger partial charge in [-0.05, 0) is 129 Å². The minimum atomic E-state index is -2.23. The van der Waals surface area contributed by atoms with Gasteiger partial charge in [-0.3, -0.25) is 0 Å². The maximum Gasteiger partial charge on any atom is 0.112 e. The first-order chi connectivity index (χ1) is 39.9. The number of aromatic nitrogens is 4. The summed E-state index contributed by atoms with van der Waals surface area (Å²) in [6.45, 7) is 5.11. The van der Waals surface area contributed by atoms with Gasteiger partial charge in [-0.15, -0.1) is 0 Å². The van der Waals surface area contributed by atoms with Gasteiger partial charge in [0.1, 0.15) is 8.07 Å². The number of fused-ring (bicyclic) bond motifs is 20. The summed E-state index contributed by atoms with van der Waals surface area (Å²) in [5.74, 6) is 0. The van der Waals surface area contributed by atoms with E-state index in [2.05, 4.69) is 286 Å². The first kappa shape index (κ1) is 45.0. The van der Waals surface area contributed by atoms with E-state index >= 15 is 0 Å². The largest absolute Gasteiger partial charge is 0.309 e. The fourth-order valence-electron chi connectivity index (χ4n) is 14.8. The van der Waals surface area contributed by atoms with Gasteiger partial charge in [-0.1, -0.05) is 193 Å². The maximum absolute atomic E-state index is 2.58. The molecule has 0 atom stereocenters. The molecular weight excluding hydrogens is 997 g/mol. The van der Waals surface area contributed by atoms with Crippen LogP contribution in [0.15, 0.2) is 255 Å². The lowest BCUT2D eigenvalue weighted by Crippen LogP contribution is -2.52. The fraction of sp³-hybridized carbons (Fsp3) is 0.0526. The second kappa shape index (κ2) is 16.6. The average Bonchev–Trinajstić information content (AvgIpc) is 4.56. The Morgan fingerprint density at radius 2 is 0.617 bits per heavy atom. The van der Waals surface area contributed by atoms with Gasteiger partial charge in [0.15, 0.2) is 0 Å². The van der Waals surface area contributed by atoms with Gasteiger partial charge < -0.3 is 18.3 Å². The molecule has 16 aromatic rings. The zero-order valence-electron chi connectivity index (χ0n) is 45.0. The molecule has 4 aromatic heterocycles. The van der Waals surface area contributed by atoms with Gasteiger partial charge in [0.2, 0.25) is 0 Å². The van der Waals surface area contributed by atoms with E-state index in [1.807, 2.05) is 0 Å². The second-order valence-electron chi connectivity index (χ2n) is 23.2. The van der Waals surface area contributed by atoms with E-state index in [1.54, 1.807) is 0 Å². The molecule has 0 spiro atoms. The Hall–Kier alpha value is -9.94. The topological polar surface area (TPSA) is 19.7 Å². The van der Waals surface area contributed by atoms with Crippen LogP contribution >= 0.6 is 0 Å². The lowest BCUT2D eigenvalue weighted by molar-refractivity contribution is 1.15. The maximum atomic E-state index is 2.58. The molecule has 380 valence electrons. The minimum Gasteiger partial charge on any atom is -0.309 e. The van der Waals surface area contributed by atoms with Crippen LogP contribution in [0.2, 0.25) is 13.1 Å². The van der Waals surface area contributed by atoms with Gasteiger partial charge >= 0.3 is 0 Å². The molecule has 0 saturated heterocycles. The van der Waals surface area contributed by atoms with Crippen LogP contribution < -0.4 is 10.4 Å². The summed E-state index contributed by atoms with van der Waals surface area (Å²) in [5, 5.41) is 13.2. The van der Waals surface area contributed by atoms with Crippen molar-refractivity contribution in [1.82, 2.24) is 18.3 Å². The quantitative estimate of drug-likeness (QED) is 0.148. The van der Waals surface area contributed by atoms with Gasteiger partial charge in [-0.2, -0.15) is 0 Å². The van der Waals surface area contributed by atoms with Gasteiger partial charge in [0.25, 0.3) is 0 Å². The van der Waals surface area contributed by atoms with Gasteiger partial charge in [-0.25, -0.2) is 0 Å². The molecule has 0 unspecified atom stereocenters. The average molecular weight is 1050 g/mol. The van der Waals surface area contributed by atoms with Crippen LogP contribution in [0.3, 0.4) is 0 Å². The SMILES string of the molecule is C[Si](C)(c1ccc2c(c1)-c1ccc3c4cc(-n5c6ccccc6c6ccccc65)ccc4n(-c4ccccc4)c3c1C2)c1ccc2c(c1)-c1ccc3c4cc(-n5c6ccccc6c6ccccc65)ccc4n(-c4ccccc4)c3c1C2. The van der Waals surface area contributed by atoms with Crippen molar-refractivity contribution >= 4 is 106 Å². The molecule has 0 aliphatic heterocycles. The Kier molecular flexibility index (Phi) is 9.19. The first-order valence-corrected chi connectivity index (χ1v) is 31.5. The van der Waals surface area contributed by atoms with Crippen LogP contribution in [0.4, 0.5) is 0 Å². The fourth-order valence-corrected chi connectivity index (χ4v) is 17.2. The zero-order valence-corrected chi connectivity index (χ0v) is 46.0. The van der Waals surface area contributed by atoms with E-state index in [4.69, 9.17) is 0 Å². The van der Waals surface area contributed by atoms with Crippen molar-refractivity contribution in [2.75, 3.05) is 0 Å². The molecule has 0 radical (unpaired) electrons. The zero-order chi connectivity index (χ0) is 53.2. The highest BCUT2D eigenvalue weighted by atomic mass is 28.3. The molecule has 4 heterocycles. The lowest BCUT2D eigenvalue weighted by atomic mass is 10.0. The van der Waals surface area contributed by atoms with Crippen molar-refractivity contribution in [2.24, 2.45) is 0 Å². The van der Waals surface area contributed by atoms with E-state index in [0.29, 0.717) is 0 Å². The molecule has 0 N–H and O–H groups in total. The summed E-state index contributed by atoms with van der Waals surface area (Å²) < 4.78 is 9.95. The van der Waals surface area contributed by atoms with E-state index in [1.165, 1.54) is 165 Å². The number of hydrogen-bond acceptors (Lipinski definition) is 0. The summed E-state index contributed by atoms with van der Waals surface area (Å²) in [5.41, 5.74) is 25.8. The van der Waals surface area contributed by atoms with E-state index in [0.717, 1.165) is 12.8 Å². The second-order valence-corrected chi connectivity index (χ2v) is 27.6. The van der Waals surface area contributed by atoms with Gasteiger partial charge in [0, 0.05) is 78.7 Å². The van der Waals surface area contributed by atoms with Gasteiger partial charge in [0.05, 0.1) is 44.1 Å². The van der Waals surface area contributed by atoms with Crippen LogP contribution in [0.25, 0.3) is 132 Å². The number of para-hydroxylation sites is 6. The molecular formula is C76H52N4Si. The van der Waals surface area contributed by atoms with Crippen LogP contribution in [-0.4, -0.2) is 26.3 Å². The smallest absolute Gasteiger partial charge is 0.112 e. The van der Waals surface area contributed by atoms with Crippen molar-refractivity contribution in [3.05, 3.63) is 277 Å². The highest BCUT2D eigenvalue weighted by molar-refractivity contribution is 7.00. The van der Waals surface area contributed by atoms with Crippen LogP contribution in [0.5, 0.6) is 0 Å². The Balaban J connectivity index is 0.750. The van der Waals surface area contributed by atoms with Crippen molar-refractivity contribution in [3.63, 3.8) is 0 Å². The third kappa shape index (κ3) is 6.24. The molecule has 0 saturated carbocycles. The van der Waals surface area contributed by atoms with E-state index < -0.39 is 8.07 Å². The van der Waals surface area contributed by atoms with E-state index in [9.17, 15) is 0 Å². The highest BCUT2D eigenvalue weighted by Gasteiger charge is 2.33. The number of rotatable bonds is 6. The molecule has 0 fully saturated rings. The molecule has 5 heteroatoms. The van der Waals surface area contributed by atoms with Crippen molar-refractivity contribution < 1.29 is 0 Å². The lowest BCUT2D eigenvalue weighted by Gasteiger charge is -2.25. The molecule has 2 aliphatic rings. The minimum absolute atomic E-state index is 0.901. The molecule has 18 rings (SSSR count). The van der Waals surface area contributed by atoms with Crippen LogP contribution in [0.1, 0.15) is 22.3 Å². The molecule has 12 aromatic carbocycles. The Bertz CT molecular complexity index is 4940. The molecule has 81 heavy (non-hydrogen) atoms. The Morgan fingerprint density at radius 1 is 0.259 bits per heavy atom. The predicted octanol–water partition coefficient (Wildman–Crippen LogP) is 18.0. The van der Waals surface area contributed by atoms with Crippen LogP contribution in [0, 0.1) is 0 Å². The van der Waals surface area contributed by atoms with Crippen LogP contribution in [-0.2, 0) is 12.8 Å². The first-order valence-electron chi connectivity index (χ1n) is 28.5. The monoisotopic (exact) mass is 1050 g/mol. The standard InChI is InChI=1S/C76H52N4Si/c1-81(2,53-33-29-47-41-67-55(63(47)45-53)35-37-61-65-43-51(31-39-73(65)79(75(61)67)49-17-5-3-6-18-49)77-69-25-13-9-21-57(69)58-22-10-14-26-70(58)77)54-34-30-48-42-68-56(64(48)46-54)36-38-62-66-44-52(32-40-74(66)80(76(62)68)50-19-7-4-8-20-50)78-71-27-15-11-23-59(71)60-24-12-16-28-72(60)78/h3-40,43-46H,41-42H2,1-2H3. The van der Waals surface area contributed by atoms with E-state index in [-0.39, 0.29) is 0 Å². The Labute approximate surface area is 469 Å². The summed E-state index contributed by atoms with van der Waals surface area (Å²) in [7, 11) is -2.23. The molecule has 0 amide bonds. The number of benzene rings is 12. The normalized spacial score (nSPS) is 13.0. The Morgan fingerprint density at radius 3 is 1.01 bits per heavy atom. The predicted molar refractivity (Wildman–Crippen MR) is 343 cm³/mol. The van der Waals surface area contributed by atoms with Crippen molar-refractivity contribution in [2.45, 2.75) is 25.9 Å². The summed E-state index contributed by atoms with van der Waals surface area (Å²) in [4.78, 5) is 0.